The van der Waals surface area contributed by atoms with Gasteiger partial charge < -0.3 is 4.42 Å². The Kier molecular flexibility index (Phi) is 3.42. The van der Waals surface area contributed by atoms with Crippen LogP contribution in [0.4, 0.5) is 0 Å². The van der Waals surface area contributed by atoms with Gasteiger partial charge in [-0.2, -0.15) is 0 Å². The molecule has 0 unspecified atom stereocenters. The smallest absolute Gasteiger partial charge is 0.205 e. The van der Waals surface area contributed by atoms with Crippen LogP contribution in [0.1, 0.15) is 38.5 Å². The number of hydrogen-bond acceptors (Lipinski definition) is 3. The molecule has 0 aliphatic heterocycles. The van der Waals surface area contributed by atoms with Gasteiger partial charge in [-0.15, -0.1) is 0 Å². The highest BCUT2D eigenvalue weighted by molar-refractivity contribution is 6.12. The second-order valence-electron chi connectivity index (χ2n) is 4.38. The third kappa shape index (κ3) is 2.74. The summed E-state index contributed by atoms with van der Waals surface area (Å²) in [6.45, 7) is 3.86. The predicted molar refractivity (Wildman–Crippen MR) is 67.9 cm³/mol. The van der Waals surface area contributed by atoms with Gasteiger partial charge in [-0.25, -0.2) is 0 Å². The number of carbonyl (C=O) groups is 2. The first kappa shape index (κ1) is 12.3. The van der Waals surface area contributed by atoms with Crippen LogP contribution >= 0.6 is 0 Å². The molecule has 0 fully saturated rings. The highest BCUT2D eigenvalue weighted by atomic mass is 16.3. The largest absolute Gasteiger partial charge is 0.461 e. The van der Waals surface area contributed by atoms with E-state index in [1.54, 1.807) is 24.3 Å². The molecular weight excluding hydrogens is 228 g/mol. The molecule has 92 valence electrons. The Morgan fingerprint density at radius 2 is 1.72 bits per heavy atom. The van der Waals surface area contributed by atoms with Gasteiger partial charge in [0.1, 0.15) is 0 Å². The maximum atomic E-state index is 12.0. The molecule has 0 bridgehead atoms. The van der Waals surface area contributed by atoms with Crippen molar-refractivity contribution in [1.29, 1.82) is 0 Å². The van der Waals surface area contributed by atoms with Gasteiger partial charge in [0.05, 0.1) is 12.7 Å². The molecule has 1 aromatic heterocycles. The van der Waals surface area contributed by atoms with Crippen LogP contribution in [0.25, 0.3) is 0 Å². The van der Waals surface area contributed by atoms with Crippen LogP contribution in [0.3, 0.4) is 0 Å². The number of rotatable bonds is 4. The van der Waals surface area contributed by atoms with Gasteiger partial charge in [0.15, 0.2) is 11.5 Å². The van der Waals surface area contributed by atoms with Crippen molar-refractivity contribution in [3.8, 4) is 0 Å². The lowest BCUT2D eigenvalue weighted by molar-refractivity contribution is 0.0878. The molecule has 1 heterocycles. The number of benzene rings is 1. The highest BCUT2D eigenvalue weighted by Crippen LogP contribution is 2.13. The molecule has 18 heavy (non-hydrogen) atoms. The first-order valence-electron chi connectivity index (χ1n) is 5.74. The zero-order valence-corrected chi connectivity index (χ0v) is 10.4. The monoisotopic (exact) mass is 242 g/mol. The summed E-state index contributed by atoms with van der Waals surface area (Å²) in [6.07, 6.45) is 1.27. The lowest BCUT2D eigenvalue weighted by Gasteiger charge is -2.03. The van der Waals surface area contributed by atoms with E-state index >= 15 is 0 Å². The molecule has 2 aromatic rings. The summed E-state index contributed by atoms with van der Waals surface area (Å²) in [5.41, 5.74) is 2.61. The fourth-order valence-corrected chi connectivity index (χ4v) is 1.91. The average molecular weight is 242 g/mol. The van der Waals surface area contributed by atoms with Gasteiger partial charge in [0.2, 0.25) is 5.78 Å². The number of hydrogen-bond donors (Lipinski definition) is 0. The second-order valence-corrected chi connectivity index (χ2v) is 4.38. The van der Waals surface area contributed by atoms with E-state index in [2.05, 4.69) is 0 Å². The SMILES string of the molecule is Cc1cc(C)cc(C(=O)CC(=O)c2ccco2)c1. The second kappa shape index (κ2) is 5.00. The van der Waals surface area contributed by atoms with Gasteiger partial charge in [-0.05, 0) is 38.1 Å². The molecule has 1 aromatic carbocycles. The zero-order valence-electron chi connectivity index (χ0n) is 10.4. The predicted octanol–water partition coefficient (Wildman–Crippen LogP) is 3.35. The third-order valence-electron chi connectivity index (χ3n) is 2.66. The molecule has 0 aliphatic rings. The Labute approximate surface area is 105 Å². The Hall–Kier alpha value is -2.16. The lowest BCUT2D eigenvalue weighted by Crippen LogP contribution is -2.08. The van der Waals surface area contributed by atoms with E-state index in [0.29, 0.717) is 5.56 Å². The van der Waals surface area contributed by atoms with Crippen molar-refractivity contribution >= 4 is 11.6 Å². The number of Topliss-reactive ketones (excluding diaryl/α,β-unsaturated/α-hetero) is 2. The summed E-state index contributed by atoms with van der Waals surface area (Å²) < 4.78 is 4.98. The van der Waals surface area contributed by atoms with Crippen LogP contribution < -0.4 is 0 Å². The Morgan fingerprint density at radius 1 is 1.06 bits per heavy atom. The molecule has 0 aliphatic carbocycles. The minimum atomic E-state index is -0.288. The van der Waals surface area contributed by atoms with Crippen LogP contribution in [0.2, 0.25) is 0 Å². The normalized spacial score (nSPS) is 10.3. The maximum Gasteiger partial charge on any atom is 0.205 e. The van der Waals surface area contributed by atoms with E-state index in [-0.39, 0.29) is 23.7 Å². The summed E-state index contributed by atoms with van der Waals surface area (Å²) in [7, 11) is 0. The summed E-state index contributed by atoms with van der Waals surface area (Å²) in [5.74, 6) is -0.236. The van der Waals surface area contributed by atoms with Crippen molar-refractivity contribution in [2.24, 2.45) is 0 Å². The topological polar surface area (TPSA) is 47.3 Å². The van der Waals surface area contributed by atoms with Crippen LogP contribution in [-0.4, -0.2) is 11.6 Å². The molecule has 3 nitrogen and oxygen atoms in total. The number of aryl methyl sites for hydroxylation is 2. The molecule has 0 atom stereocenters. The van der Waals surface area contributed by atoms with Crippen LogP contribution in [-0.2, 0) is 0 Å². The van der Waals surface area contributed by atoms with Crippen molar-refractivity contribution in [2.75, 3.05) is 0 Å². The van der Waals surface area contributed by atoms with E-state index in [1.807, 2.05) is 19.9 Å². The van der Waals surface area contributed by atoms with E-state index in [4.69, 9.17) is 4.42 Å². The molecule has 0 amide bonds. The van der Waals surface area contributed by atoms with Crippen molar-refractivity contribution in [3.63, 3.8) is 0 Å². The van der Waals surface area contributed by atoms with Crippen molar-refractivity contribution in [2.45, 2.75) is 20.3 Å². The van der Waals surface area contributed by atoms with Gasteiger partial charge in [0.25, 0.3) is 0 Å². The van der Waals surface area contributed by atoms with Crippen molar-refractivity contribution in [3.05, 3.63) is 59.0 Å². The summed E-state index contributed by atoms with van der Waals surface area (Å²) in [4.78, 5) is 23.7. The van der Waals surface area contributed by atoms with Crippen LogP contribution in [0, 0.1) is 13.8 Å². The Morgan fingerprint density at radius 3 is 2.28 bits per heavy atom. The first-order chi connectivity index (χ1) is 8.56. The molecule has 0 saturated heterocycles. The van der Waals surface area contributed by atoms with Crippen LogP contribution in [0.15, 0.2) is 41.0 Å². The minimum Gasteiger partial charge on any atom is -0.461 e. The maximum absolute atomic E-state index is 12.0. The standard InChI is InChI=1S/C15H14O3/c1-10-6-11(2)8-12(7-10)13(16)9-14(17)15-4-3-5-18-15/h3-8H,9H2,1-2H3. The van der Waals surface area contributed by atoms with Crippen molar-refractivity contribution < 1.29 is 14.0 Å². The Balaban J connectivity index is 2.15. The molecule has 0 radical (unpaired) electrons. The van der Waals surface area contributed by atoms with E-state index < -0.39 is 0 Å². The summed E-state index contributed by atoms with van der Waals surface area (Å²) in [6, 6.07) is 8.78. The number of furan rings is 1. The van der Waals surface area contributed by atoms with E-state index in [0.717, 1.165) is 11.1 Å². The molecular formula is C15H14O3. The van der Waals surface area contributed by atoms with Crippen molar-refractivity contribution in [1.82, 2.24) is 0 Å². The molecule has 3 heteroatoms. The summed E-state index contributed by atoms with van der Waals surface area (Å²) >= 11 is 0. The first-order valence-corrected chi connectivity index (χ1v) is 5.74. The van der Waals surface area contributed by atoms with Gasteiger partial charge in [-0.1, -0.05) is 17.2 Å². The van der Waals surface area contributed by atoms with Gasteiger partial charge >= 0.3 is 0 Å². The number of ketones is 2. The third-order valence-corrected chi connectivity index (χ3v) is 2.66. The molecule has 0 spiro atoms. The van der Waals surface area contributed by atoms with E-state index in [1.165, 1.54) is 6.26 Å². The summed E-state index contributed by atoms with van der Waals surface area (Å²) in [5, 5.41) is 0. The zero-order chi connectivity index (χ0) is 13.1. The fraction of sp³-hybridized carbons (Fsp3) is 0.200. The minimum absolute atomic E-state index is 0.156. The van der Waals surface area contributed by atoms with Gasteiger partial charge in [0, 0.05) is 5.56 Å². The lowest BCUT2D eigenvalue weighted by atomic mass is 10.0. The molecule has 0 saturated carbocycles. The Bertz CT molecular complexity index is 560. The van der Waals surface area contributed by atoms with E-state index in [9.17, 15) is 9.59 Å². The molecule has 0 N–H and O–H groups in total. The molecule has 2 rings (SSSR count). The average Bonchev–Trinajstić information content (AvgIpc) is 2.80. The van der Waals surface area contributed by atoms with Crippen LogP contribution in [0.5, 0.6) is 0 Å². The quantitative estimate of drug-likeness (QED) is 0.610. The number of carbonyl (C=O) groups excluding carboxylic acids is 2. The highest BCUT2D eigenvalue weighted by Gasteiger charge is 2.15. The van der Waals surface area contributed by atoms with Gasteiger partial charge in [-0.3, -0.25) is 9.59 Å². The fourth-order valence-electron chi connectivity index (χ4n) is 1.91.